The SMILES string of the molecule is CCCCOC(=O)c1ccc(NC(=O)c2cc(-c3ccccc3)nc3c(C)cc(C)cc23)cc1. The summed E-state index contributed by atoms with van der Waals surface area (Å²) in [6.07, 6.45) is 1.80. The minimum Gasteiger partial charge on any atom is -0.462 e. The predicted molar refractivity (Wildman–Crippen MR) is 136 cm³/mol. The molecule has 0 radical (unpaired) electrons. The number of nitrogens with one attached hydrogen (secondary N) is 1. The fourth-order valence-electron chi connectivity index (χ4n) is 3.91. The monoisotopic (exact) mass is 452 g/mol. The average Bonchev–Trinajstić information content (AvgIpc) is 2.84. The molecule has 5 nitrogen and oxygen atoms in total. The Morgan fingerprint density at radius 1 is 0.941 bits per heavy atom. The number of pyridine rings is 1. The molecule has 0 unspecified atom stereocenters. The molecule has 0 saturated heterocycles. The Balaban J connectivity index is 1.65. The first-order valence-corrected chi connectivity index (χ1v) is 11.5. The Morgan fingerprint density at radius 3 is 2.38 bits per heavy atom. The Bertz CT molecular complexity index is 1330. The van der Waals surface area contributed by atoms with E-state index in [2.05, 4.69) is 11.4 Å². The van der Waals surface area contributed by atoms with E-state index < -0.39 is 0 Å². The molecule has 172 valence electrons. The van der Waals surface area contributed by atoms with Crippen molar-refractivity contribution in [2.75, 3.05) is 11.9 Å². The number of rotatable bonds is 7. The van der Waals surface area contributed by atoms with Crippen LogP contribution in [0.15, 0.2) is 72.8 Å². The minimum absolute atomic E-state index is 0.229. The van der Waals surface area contributed by atoms with Crippen molar-refractivity contribution in [1.82, 2.24) is 4.98 Å². The zero-order valence-electron chi connectivity index (χ0n) is 19.7. The van der Waals surface area contributed by atoms with Crippen LogP contribution in [0.2, 0.25) is 0 Å². The second-order valence-electron chi connectivity index (χ2n) is 8.42. The summed E-state index contributed by atoms with van der Waals surface area (Å²) >= 11 is 0. The van der Waals surface area contributed by atoms with Crippen molar-refractivity contribution in [1.29, 1.82) is 0 Å². The third-order valence-corrected chi connectivity index (χ3v) is 5.67. The molecule has 0 bridgehead atoms. The molecular weight excluding hydrogens is 424 g/mol. The molecule has 1 amide bonds. The molecule has 0 spiro atoms. The van der Waals surface area contributed by atoms with Gasteiger partial charge in [0.1, 0.15) is 0 Å². The maximum absolute atomic E-state index is 13.4. The number of nitrogens with zero attached hydrogens (tertiary/aromatic N) is 1. The fraction of sp³-hybridized carbons (Fsp3) is 0.207. The van der Waals surface area contributed by atoms with Crippen LogP contribution < -0.4 is 5.32 Å². The van der Waals surface area contributed by atoms with Gasteiger partial charge in [0.05, 0.1) is 28.9 Å². The van der Waals surface area contributed by atoms with Gasteiger partial charge in [-0.3, -0.25) is 4.79 Å². The van der Waals surface area contributed by atoms with Crippen molar-refractivity contribution in [3.8, 4) is 11.3 Å². The zero-order chi connectivity index (χ0) is 24.1. The molecule has 0 fully saturated rings. The van der Waals surface area contributed by atoms with Crippen molar-refractivity contribution in [3.05, 3.63) is 95.1 Å². The van der Waals surface area contributed by atoms with E-state index in [0.717, 1.165) is 46.1 Å². The van der Waals surface area contributed by atoms with Crippen molar-refractivity contribution in [2.24, 2.45) is 0 Å². The highest BCUT2D eigenvalue weighted by molar-refractivity contribution is 6.13. The van der Waals surface area contributed by atoms with E-state index in [4.69, 9.17) is 9.72 Å². The molecule has 0 atom stereocenters. The lowest BCUT2D eigenvalue weighted by atomic mass is 9.99. The van der Waals surface area contributed by atoms with Gasteiger partial charge in [-0.2, -0.15) is 0 Å². The summed E-state index contributed by atoms with van der Waals surface area (Å²) in [7, 11) is 0. The first-order valence-electron chi connectivity index (χ1n) is 11.5. The van der Waals surface area contributed by atoms with E-state index in [-0.39, 0.29) is 11.9 Å². The lowest BCUT2D eigenvalue weighted by Gasteiger charge is -2.13. The van der Waals surface area contributed by atoms with Crippen LogP contribution in [0.3, 0.4) is 0 Å². The van der Waals surface area contributed by atoms with E-state index in [9.17, 15) is 9.59 Å². The largest absolute Gasteiger partial charge is 0.462 e. The highest BCUT2D eigenvalue weighted by Gasteiger charge is 2.16. The molecule has 0 aliphatic rings. The number of unbranched alkanes of at least 4 members (excludes halogenated alkanes) is 1. The highest BCUT2D eigenvalue weighted by atomic mass is 16.5. The Kier molecular flexibility index (Phi) is 7.02. The van der Waals surface area contributed by atoms with Gasteiger partial charge in [0.25, 0.3) is 5.91 Å². The lowest BCUT2D eigenvalue weighted by molar-refractivity contribution is 0.0499. The number of fused-ring (bicyclic) bond motifs is 1. The number of carbonyl (C=O) groups is 2. The second kappa shape index (κ2) is 10.3. The van der Waals surface area contributed by atoms with Crippen LogP contribution >= 0.6 is 0 Å². The van der Waals surface area contributed by atoms with Gasteiger partial charge < -0.3 is 10.1 Å². The third-order valence-electron chi connectivity index (χ3n) is 5.67. The summed E-state index contributed by atoms with van der Waals surface area (Å²) in [6, 6.07) is 22.5. The van der Waals surface area contributed by atoms with Crippen LogP contribution in [0.4, 0.5) is 5.69 Å². The molecule has 1 aromatic heterocycles. The summed E-state index contributed by atoms with van der Waals surface area (Å²) < 4.78 is 5.25. The molecular formula is C29H28N2O3. The Labute approximate surface area is 199 Å². The number of carbonyl (C=O) groups excluding carboxylic acids is 2. The molecule has 0 aliphatic heterocycles. The standard InChI is InChI=1S/C29H28N2O3/c1-4-5-15-34-29(33)22-11-13-23(14-12-22)30-28(32)25-18-26(21-9-7-6-8-10-21)31-27-20(3)16-19(2)17-24(25)27/h6-14,16-18H,4-5,15H2,1-3H3,(H,30,32). The minimum atomic E-state index is -0.357. The molecule has 1 N–H and O–H groups in total. The van der Waals surface area contributed by atoms with E-state index in [1.807, 2.05) is 63.2 Å². The first kappa shape index (κ1) is 23.2. The van der Waals surface area contributed by atoms with Crippen molar-refractivity contribution in [3.63, 3.8) is 0 Å². The molecule has 34 heavy (non-hydrogen) atoms. The van der Waals surface area contributed by atoms with E-state index in [1.165, 1.54) is 0 Å². The number of benzene rings is 3. The number of ether oxygens (including phenoxy) is 1. The quantitative estimate of drug-likeness (QED) is 0.249. The number of anilines is 1. The normalized spacial score (nSPS) is 10.8. The van der Waals surface area contributed by atoms with Crippen LogP contribution in [0.5, 0.6) is 0 Å². The third kappa shape index (κ3) is 5.15. The van der Waals surface area contributed by atoms with Crippen LogP contribution in [0.1, 0.15) is 51.6 Å². The molecule has 5 heteroatoms. The van der Waals surface area contributed by atoms with E-state index in [0.29, 0.717) is 23.4 Å². The molecule has 0 saturated carbocycles. The van der Waals surface area contributed by atoms with Gasteiger partial charge in [0, 0.05) is 16.6 Å². The number of amides is 1. The van der Waals surface area contributed by atoms with Gasteiger partial charge in [0.15, 0.2) is 0 Å². The number of hydrogen-bond donors (Lipinski definition) is 1. The summed E-state index contributed by atoms with van der Waals surface area (Å²) in [5.74, 6) is -0.585. The number of hydrogen-bond acceptors (Lipinski definition) is 4. The topological polar surface area (TPSA) is 68.3 Å². The zero-order valence-corrected chi connectivity index (χ0v) is 19.7. The molecule has 1 heterocycles. The van der Waals surface area contributed by atoms with E-state index in [1.54, 1.807) is 24.3 Å². The van der Waals surface area contributed by atoms with Crippen LogP contribution in [0.25, 0.3) is 22.2 Å². The highest BCUT2D eigenvalue weighted by Crippen LogP contribution is 2.28. The summed E-state index contributed by atoms with van der Waals surface area (Å²) in [5.41, 5.74) is 6.21. The maximum Gasteiger partial charge on any atom is 0.338 e. The Hall–Kier alpha value is -3.99. The fourth-order valence-corrected chi connectivity index (χ4v) is 3.91. The van der Waals surface area contributed by atoms with Gasteiger partial charge in [0.2, 0.25) is 0 Å². The summed E-state index contributed by atoms with van der Waals surface area (Å²) in [5, 5.41) is 3.78. The summed E-state index contributed by atoms with van der Waals surface area (Å²) in [6.45, 7) is 6.48. The van der Waals surface area contributed by atoms with Crippen LogP contribution in [0, 0.1) is 13.8 Å². The predicted octanol–water partition coefficient (Wildman–Crippen LogP) is 6.73. The molecule has 4 aromatic rings. The molecule has 4 rings (SSSR count). The Morgan fingerprint density at radius 2 is 1.68 bits per heavy atom. The lowest BCUT2D eigenvalue weighted by Crippen LogP contribution is -2.14. The van der Waals surface area contributed by atoms with Gasteiger partial charge in [-0.05, 0) is 62.2 Å². The maximum atomic E-state index is 13.4. The first-order chi connectivity index (χ1) is 16.5. The van der Waals surface area contributed by atoms with Gasteiger partial charge in [-0.25, -0.2) is 9.78 Å². The van der Waals surface area contributed by atoms with Gasteiger partial charge >= 0.3 is 5.97 Å². The average molecular weight is 453 g/mol. The molecule has 0 aliphatic carbocycles. The molecule has 3 aromatic carbocycles. The van der Waals surface area contributed by atoms with Crippen LogP contribution in [-0.2, 0) is 4.74 Å². The summed E-state index contributed by atoms with van der Waals surface area (Å²) in [4.78, 5) is 30.4. The van der Waals surface area contributed by atoms with Crippen molar-refractivity contribution >= 4 is 28.5 Å². The van der Waals surface area contributed by atoms with Crippen molar-refractivity contribution in [2.45, 2.75) is 33.6 Å². The smallest absolute Gasteiger partial charge is 0.338 e. The number of aromatic nitrogens is 1. The van der Waals surface area contributed by atoms with E-state index >= 15 is 0 Å². The van der Waals surface area contributed by atoms with Gasteiger partial charge in [-0.1, -0.05) is 55.3 Å². The van der Waals surface area contributed by atoms with Crippen LogP contribution in [-0.4, -0.2) is 23.5 Å². The van der Waals surface area contributed by atoms with Crippen molar-refractivity contribution < 1.29 is 14.3 Å². The number of esters is 1. The number of aryl methyl sites for hydroxylation is 2. The second-order valence-corrected chi connectivity index (χ2v) is 8.42. The van der Waals surface area contributed by atoms with Gasteiger partial charge in [-0.15, -0.1) is 0 Å².